The van der Waals surface area contributed by atoms with Gasteiger partial charge in [0.1, 0.15) is 16.4 Å². The molecule has 2 amide bonds. The van der Waals surface area contributed by atoms with Crippen LogP contribution in [0.15, 0.2) is 12.3 Å². The molecule has 128 valence electrons. The highest BCUT2D eigenvalue weighted by Crippen LogP contribution is 2.30. The van der Waals surface area contributed by atoms with Gasteiger partial charge in [0, 0.05) is 12.3 Å². The zero-order valence-corrected chi connectivity index (χ0v) is 15.4. The molecule has 0 fully saturated rings. The van der Waals surface area contributed by atoms with Gasteiger partial charge < -0.3 is 9.47 Å². The number of nitrogens with zero attached hydrogens (tertiary/aromatic N) is 2. The van der Waals surface area contributed by atoms with Crippen molar-refractivity contribution in [3.8, 4) is 0 Å². The number of hydrogen-bond acceptors (Lipinski definition) is 5. The lowest BCUT2D eigenvalue weighted by Crippen LogP contribution is -2.44. The predicted octanol–water partition coefficient (Wildman–Crippen LogP) is 5.07. The third-order valence-corrected chi connectivity index (χ3v) is 2.69. The summed E-state index contributed by atoms with van der Waals surface area (Å²) in [5, 5.41) is 0.132. The first-order valence-corrected chi connectivity index (χ1v) is 7.63. The molecule has 0 saturated carbocycles. The molecule has 1 heterocycles. The summed E-state index contributed by atoms with van der Waals surface area (Å²) in [6, 6.07) is 1.29. The minimum absolute atomic E-state index is 0.0372. The van der Waals surface area contributed by atoms with Crippen molar-refractivity contribution in [2.75, 3.05) is 4.90 Å². The van der Waals surface area contributed by atoms with Gasteiger partial charge in [-0.1, -0.05) is 23.2 Å². The van der Waals surface area contributed by atoms with Crippen LogP contribution in [0.1, 0.15) is 41.5 Å². The second-order valence-electron chi connectivity index (χ2n) is 6.75. The molecule has 23 heavy (non-hydrogen) atoms. The van der Waals surface area contributed by atoms with Crippen molar-refractivity contribution < 1.29 is 19.1 Å². The van der Waals surface area contributed by atoms with E-state index in [0.29, 0.717) is 4.90 Å². The van der Waals surface area contributed by atoms with Gasteiger partial charge in [-0.3, -0.25) is 0 Å². The largest absolute Gasteiger partial charge is 0.443 e. The number of halogens is 2. The molecule has 8 heteroatoms. The first-order chi connectivity index (χ1) is 10.3. The maximum atomic E-state index is 12.4. The van der Waals surface area contributed by atoms with Gasteiger partial charge in [0.25, 0.3) is 0 Å². The molecule has 0 aromatic carbocycles. The lowest BCUT2D eigenvalue weighted by atomic mass is 10.2. The number of hydrogen-bond donors (Lipinski definition) is 0. The Bertz CT molecular complexity index is 578. The Morgan fingerprint density at radius 1 is 1.00 bits per heavy atom. The van der Waals surface area contributed by atoms with Gasteiger partial charge in [-0.05, 0) is 41.5 Å². The van der Waals surface area contributed by atoms with E-state index in [1.54, 1.807) is 41.5 Å². The van der Waals surface area contributed by atoms with Crippen LogP contribution in [-0.2, 0) is 9.47 Å². The summed E-state index contributed by atoms with van der Waals surface area (Å²) in [5.41, 5.74) is -1.57. The van der Waals surface area contributed by atoms with Crippen molar-refractivity contribution in [3.63, 3.8) is 0 Å². The highest BCUT2D eigenvalue weighted by molar-refractivity contribution is 6.36. The summed E-state index contributed by atoms with van der Waals surface area (Å²) < 4.78 is 10.5. The Morgan fingerprint density at radius 3 is 1.83 bits per heavy atom. The number of imide groups is 1. The van der Waals surface area contributed by atoms with Gasteiger partial charge in [-0.25, -0.2) is 14.6 Å². The molecule has 0 unspecified atom stereocenters. The second kappa shape index (κ2) is 6.93. The molecule has 6 nitrogen and oxygen atoms in total. The van der Waals surface area contributed by atoms with E-state index in [1.807, 2.05) is 0 Å². The number of amides is 2. The van der Waals surface area contributed by atoms with E-state index in [-0.39, 0.29) is 15.9 Å². The molecule has 0 aliphatic rings. The summed E-state index contributed by atoms with van der Waals surface area (Å²) in [6.45, 7) is 10.1. The van der Waals surface area contributed by atoms with E-state index >= 15 is 0 Å². The van der Waals surface area contributed by atoms with Crippen molar-refractivity contribution >= 4 is 41.1 Å². The first-order valence-electron chi connectivity index (χ1n) is 6.87. The molecule has 0 atom stereocenters. The molecular weight excluding hydrogens is 343 g/mol. The number of carbonyl (C=O) groups is 2. The molecule has 0 saturated heterocycles. The van der Waals surface area contributed by atoms with E-state index in [9.17, 15) is 9.59 Å². The Kier molecular flexibility index (Phi) is 5.88. The monoisotopic (exact) mass is 362 g/mol. The van der Waals surface area contributed by atoms with Gasteiger partial charge >= 0.3 is 12.2 Å². The topological polar surface area (TPSA) is 68.7 Å². The average molecular weight is 363 g/mol. The number of pyridine rings is 1. The SMILES string of the molecule is CC(C)(C)OC(=O)N(C(=O)OC(C)(C)C)c1cc(Cl)ncc1Cl. The number of aromatic nitrogens is 1. The normalized spacial score (nSPS) is 11.8. The van der Waals surface area contributed by atoms with Gasteiger partial charge in [-0.2, -0.15) is 4.90 Å². The van der Waals surface area contributed by atoms with Crippen LogP contribution < -0.4 is 4.90 Å². The quantitative estimate of drug-likeness (QED) is 0.652. The number of rotatable bonds is 1. The summed E-state index contributed by atoms with van der Waals surface area (Å²) in [5.74, 6) is 0. The summed E-state index contributed by atoms with van der Waals surface area (Å²) in [7, 11) is 0. The Balaban J connectivity index is 3.28. The minimum atomic E-state index is -0.920. The van der Waals surface area contributed by atoms with E-state index in [0.717, 1.165) is 0 Å². The fourth-order valence-corrected chi connectivity index (χ4v) is 1.80. The molecule has 0 radical (unpaired) electrons. The number of anilines is 1. The first kappa shape index (κ1) is 19.5. The number of carbonyl (C=O) groups excluding carboxylic acids is 2. The number of ether oxygens (including phenoxy) is 2. The third-order valence-electron chi connectivity index (χ3n) is 2.19. The molecule has 0 N–H and O–H groups in total. The van der Waals surface area contributed by atoms with E-state index < -0.39 is 23.4 Å². The Hall–Kier alpha value is -1.53. The van der Waals surface area contributed by atoms with Crippen LogP contribution in [0, 0.1) is 0 Å². The van der Waals surface area contributed by atoms with Crippen LogP contribution in [0.2, 0.25) is 10.2 Å². The Morgan fingerprint density at radius 2 is 1.43 bits per heavy atom. The molecule has 0 aliphatic heterocycles. The highest BCUT2D eigenvalue weighted by Gasteiger charge is 2.34. The van der Waals surface area contributed by atoms with Crippen LogP contribution in [0.4, 0.5) is 15.3 Å². The van der Waals surface area contributed by atoms with Crippen LogP contribution >= 0.6 is 23.2 Å². The maximum absolute atomic E-state index is 12.4. The predicted molar refractivity (Wildman–Crippen MR) is 89.2 cm³/mol. The van der Waals surface area contributed by atoms with E-state index in [2.05, 4.69) is 4.98 Å². The molecule has 1 aromatic rings. The lowest BCUT2D eigenvalue weighted by molar-refractivity contribution is 0.0431. The van der Waals surface area contributed by atoms with Crippen LogP contribution in [0.5, 0.6) is 0 Å². The Labute approximate surface area is 145 Å². The van der Waals surface area contributed by atoms with Crippen molar-refractivity contribution in [1.29, 1.82) is 0 Å². The smallest absolute Gasteiger partial charge is 0.424 e. The minimum Gasteiger partial charge on any atom is -0.443 e. The zero-order chi connectivity index (χ0) is 18.0. The molecular formula is C15H20Cl2N2O4. The van der Waals surface area contributed by atoms with E-state index in [4.69, 9.17) is 32.7 Å². The summed E-state index contributed by atoms with van der Waals surface area (Å²) in [4.78, 5) is 29.4. The fourth-order valence-electron chi connectivity index (χ4n) is 1.46. The van der Waals surface area contributed by atoms with Crippen molar-refractivity contribution in [2.45, 2.75) is 52.7 Å². The molecule has 0 spiro atoms. The average Bonchev–Trinajstić information content (AvgIpc) is 2.29. The molecule has 0 bridgehead atoms. The zero-order valence-electron chi connectivity index (χ0n) is 13.9. The van der Waals surface area contributed by atoms with Crippen molar-refractivity contribution in [3.05, 3.63) is 22.4 Å². The van der Waals surface area contributed by atoms with Crippen LogP contribution in [-0.4, -0.2) is 28.4 Å². The second-order valence-corrected chi connectivity index (χ2v) is 7.55. The third kappa shape index (κ3) is 6.23. The van der Waals surface area contributed by atoms with E-state index in [1.165, 1.54) is 12.3 Å². The van der Waals surface area contributed by atoms with Gasteiger partial charge in [0.15, 0.2) is 0 Å². The van der Waals surface area contributed by atoms with Crippen molar-refractivity contribution in [1.82, 2.24) is 4.98 Å². The summed E-state index contributed by atoms with van der Waals surface area (Å²) in [6.07, 6.45) is -0.604. The van der Waals surface area contributed by atoms with Crippen molar-refractivity contribution in [2.24, 2.45) is 0 Å². The van der Waals surface area contributed by atoms with Crippen LogP contribution in [0.25, 0.3) is 0 Å². The molecule has 1 aromatic heterocycles. The lowest BCUT2D eigenvalue weighted by Gasteiger charge is -2.28. The van der Waals surface area contributed by atoms with Gasteiger partial charge in [0.2, 0.25) is 0 Å². The highest BCUT2D eigenvalue weighted by atomic mass is 35.5. The standard InChI is InChI=1S/C15H20Cl2N2O4/c1-14(2,3)22-12(20)19(13(21)23-15(4,5)6)10-7-11(17)18-8-9(10)16/h7-8H,1-6H3. The summed E-state index contributed by atoms with van der Waals surface area (Å²) >= 11 is 11.9. The molecule has 0 aliphatic carbocycles. The van der Waals surface area contributed by atoms with Gasteiger partial charge in [0.05, 0.1) is 10.7 Å². The fraction of sp³-hybridized carbons (Fsp3) is 0.533. The molecule has 1 rings (SSSR count). The van der Waals surface area contributed by atoms with Crippen LogP contribution in [0.3, 0.4) is 0 Å². The maximum Gasteiger partial charge on any atom is 0.424 e. The van der Waals surface area contributed by atoms with Gasteiger partial charge in [-0.15, -0.1) is 0 Å².